The summed E-state index contributed by atoms with van der Waals surface area (Å²) in [6.07, 6.45) is 5.35. The van der Waals surface area contributed by atoms with Gasteiger partial charge in [-0.05, 0) is 98.8 Å². The fraction of sp³-hybridized carbons (Fsp3) is 0.844. The third-order valence-electron chi connectivity index (χ3n) is 6.59. The Labute approximate surface area is 280 Å². The molecule has 0 radical (unpaired) electrons. The summed E-state index contributed by atoms with van der Waals surface area (Å²) in [5.74, 6) is 0.899. The van der Waals surface area contributed by atoms with Crippen molar-refractivity contribution in [1.82, 2.24) is 5.06 Å². The molecular formula is C32H62ClMgNO7. The van der Waals surface area contributed by atoms with Crippen LogP contribution < -0.4 is 12.4 Å². The molecule has 0 saturated heterocycles. The molecule has 10 heteroatoms. The minimum atomic E-state index is -0.447. The Morgan fingerprint density at radius 2 is 1.05 bits per heavy atom. The van der Waals surface area contributed by atoms with Gasteiger partial charge in [-0.1, -0.05) is 27.7 Å². The first-order valence-corrected chi connectivity index (χ1v) is 14.4. The van der Waals surface area contributed by atoms with E-state index in [1.54, 1.807) is 14.0 Å². The van der Waals surface area contributed by atoms with E-state index in [0.29, 0.717) is 25.0 Å². The molecule has 0 aliphatic heterocycles. The minimum absolute atomic E-state index is 0. The maximum absolute atomic E-state index is 11.9. The monoisotopic (exact) mass is 631 g/mol. The van der Waals surface area contributed by atoms with E-state index in [-0.39, 0.29) is 78.4 Å². The quantitative estimate of drug-likeness (QED) is 0.0893. The number of nitrogens with zero attached hydrogens (tertiary/aromatic N) is 1. The van der Waals surface area contributed by atoms with E-state index >= 15 is 0 Å². The average Bonchev–Trinajstić information content (AvgIpc) is 2.82. The van der Waals surface area contributed by atoms with Gasteiger partial charge in [0.1, 0.15) is 5.78 Å². The van der Waals surface area contributed by atoms with E-state index in [0.717, 1.165) is 38.5 Å². The van der Waals surface area contributed by atoms with E-state index in [4.69, 9.17) is 14.3 Å². The van der Waals surface area contributed by atoms with Gasteiger partial charge in [-0.25, -0.2) is 5.06 Å². The van der Waals surface area contributed by atoms with E-state index < -0.39 is 10.8 Å². The third-order valence-corrected chi connectivity index (χ3v) is 6.59. The largest absolute Gasteiger partial charge is 2.00 e. The van der Waals surface area contributed by atoms with Gasteiger partial charge in [0.25, 0.3) is 0 Å². The number of hydrogen-bond acceptors (Lipinski definition) is 7. The fourth-order valence-corrected chi connectivity index (χ4v) is 3.74. The van der Waals surface area contributed by atoms with Crippen molar-refractivity contribution in [3.05, 3.63) is 7.43 Å². The molecule has 0 fully saturated rings. The van der Waals surface area contributed by atoms with E-state index in [9.17, 15) is 19.2 Å². The van der Waals surface area contributed by atoms with Gasteiger partial charge in [0.2, 0.25) is 5.91 Å². The molecule has 0 heterocycles. The molecule has 0 saturated carbocycles. The topological polar surface area (TPSA) is 99.2 Å². The first-order chi connectivity index (χ1) is 17.7. The van der Waals surface area contributed by atoms with Crippen LogP contribution in [0.5, 0.6) is 0 Å². The SMILES string of the molecule is CC(=O)C(C)C[C@H](C)CCCOC(=O)C(C)(C)C.CON(C)C(=O)C(C)C[C@H](C)CCCOC(=O)C(C)(C)C.[CH3-].[Cl-].[Mg+2]. The zero-order valence-corrected chi connectivity index (χ0v) is 31.5. The van der Waals surface area contributed by atoms with Crippen LogP contribution in [0.2, 0.25) is 0 Å². The Morgan fingerprint density at radius 1 is 0.714 bits per heavy atom. The zero-order valence-electron chi connectivity index (χ0n) is 29.4. The second-order valence-corrected chi connectivity index (χ2v) is 13.2. The molecule has 0 spiro atoms. The summed E-state index contributed by atoms with van der Waals surface area (Å²) in [7, 11) is 3.10. The summed E-state index contributed by atoms with van der Waals surface area (Å²) in [4.78, 5) is 51.0. The average molecular weight is 633 g/mol. The molecule has 0 bridgehead atoms. The first kappa shape index (κ1) is 50.7. The smallest absolute Gasteiger partial charge is 1.00 e. The van der Waals surface area contributed by atoms with Crippen molar-refractivity contribution in [3.63, 3.8) is 0 Å². The van der Waals surface area contributed by atoms with Crippen LogP contribution >= 0.6 is 0 Å². The van der Waals surface area contributed by atoms with Crippen LogP contribution in [0, 0.1) is 41.9 Å². The van der Waals surface area contributed by atoms with Gasteiger partial charge in [0.15, 0.2) is 0 Å². The van der Waals surface area contributed by atoms with Gasteiger partial charge in [0.05, 0.1) is 31.2 Å². The van der Waals surface area contributed by atoms with Crippen LogP contribution in [0.15, 0.2) is 0 Å². The summed E-state index contributed by atoms with van der Waals surface area (Å²) in [5, 5.41) is 1.27. The first-order valence-electron chi connectivity index (χ1n) is 14.4. The number of carbonyl (C=O) groups excluding carboxylic acids is 4. The molecule has 246 valence electrons. The predicted octanol–water partition coefficient (Wildman–Crippen LogP) is 3.72. The van der Waals surface area contributed by atoms with Gasteiger partial charge in [-0.15, -0.1) is 0 Å². The Bertz CT molecular complexity index is 750. The summed E-state index contributed by atoms with van der Waals surface area (Å²) >= 11 is 0. The molecule has 0 aromatic rings. The molecule has 2 unspecified atom stereocenters. The molecular weight excluding hydrogens is 570 g/mol. The van der Waals surface area contributed by atoms with Crippen LogP contribution in [-0.4, -0.2) is 79.1 Å². The molecule has 4 atom stereocenters. The summed E-state index contributed by atoms with van der Waals surface area (Å²) in [6, 6.07) is 0. The number of ether oxygens (including phenoxy) is 2. The second kappa shape index (κ2) is 25.4. The van der Waals surface area contributed by atoms with Crippen molar-refractivity contribution in [1.29, 1.82) is 0 Å². The van der Waals surface area contributed by atoms with Crippen molar-refractivity contribution in [2.75, 3.05) is 27.4 Å². The number of rotatable bonds is 15. The Balaban J connectivity index is -0.000000205. The summed E-state index contributed by atoms with van der Waals surface area (Å²) in [6.45, 7) is 21.8. The van der Waals surface area contributed by atoms with Crippen LogP contribution in [0.1, 0.15) is 115 Å². The van der Waals surface area contributed by atoms with Gasteiger partial charge in [-0.3, -0.25) is 24.0 Å². The molecule has 0 rings (SSSR count). The number of carbonyl (C=O) groups is 4. The molecule has 0 aromatic carbocycles. The van der Waals surface area contributed by atoms with Crippen molar-refractivity contribution in [2.45, 2.75) is 115 Å². The second-order valence-electron chi connectivity index (χ2n) is 13.2. The third kappa shape index (κ3) is 25.6. The van der Waals surface area contributed by atoms with Crippen molar-refractivity contribution in [2.24, 2.45) is 34.5 Å². The number of ketones is 1. The van der Waals surface area contributed by atoms with E-state index in [1.165, 1.54) is 12.2 Å². The molecule has 0 aliphatic rings. The molecule has 0 aliphatic carbocycles. The number of esters is 2. The predicted molar refractivity (Wildman–Crippen MR) is 168 cm³/mol. The van der Waals surface area contributed by atoms with Gasteiger partial charge in [0, 0.05) is 18.9 Å². The molecule has 8 nitrogen and oxygen atoms in total. The maximum Gasteiger partial charge on any atom is 2.00 e. The van der Waals surface area contributed by atoms with E-state index in [2.05, 4.69) is 13.8 Å². The summed E-state index contributed by atoms with van der Waals surface area (Å²) in [5.41, 5.74) is -0.869. The Kier molecular flexibility index (Phi) is 30.7. The van der Waals surface area contributed by atoms with Crippen LogP contribution in [-0.2, 0) is 33.5 Å². The standard InChI is InChI=1S/C16H31NO4.C15H28O3.CH3.ClH.Mg/c1-12(11-13(2)14(18)17(6)20-7)9-8-10-21-15(19)16(3,4)5;1-11(10-12(2)13(3)16)8-7-9-18-14(17)15(4,5)6;;;/h12-13H,8-11H2,1-7H3;11-12H,7-10H2,1-6H3;1H3;1H;/q;;-1;;+2/p-1/t12-,13?;11-,12?;;;/m11.../s1. The van der Waals surface area contributed by atoms with Crippen LogP contribution in [0.25, 0.3) is 0 Å². The van der Waals surface area contributed by atoms with E-state index in [1.807, 2.05) is 55.4 Å². The van der Waals surface area contributed by atoms with Gasteiger partial charge in [-0.2, -0.15) is 0 Å². The Morgan fingerprint density at radius 3 is 1.33 bits per heavy atom. The number of hydrogen-bond donors (Lipinski definition) is 0. The minimum Gasteiger partial charge on any atom is -1.00 e. The number of hydroxylamine groups is 2. The normalized spacial score (nSPS) is 13.6. The summed E-state index contributed by atoms with van der Waals surface area (Å²) < 4.78 is 10.4. The van der Waals surface area contributed by atoms with Crippen molar-refractivity contribution >= 4 is 46.7 Å². The number of Topliss-reactive ketones (excluding diaryl/α,β-unsaturated/α-hetero) is 1. The van der Waals surface area contributed by atoms with Crippen molar-refractivity contribution < 1.29 is 45.9 Å². The molecule has 42 heavy (non-hydrogen) atoms. The number of halogens is 1. The molecule has 1 amide bonds. The van der Waals surface area contributed by atoms with Crippen molar-refractivity contribution in [3.8, 4) is 0 Å². The maximum atomic E-state index is 11.9. The molecule has 0 N–H and O–H groups in total. The molecule has 0 aromatic heterocycles. The Hall–Kier alpha value is -0.904. The zero-order chi connectivity index (χ0) is 31.0. The number of amides is 1. The van der Waals surface area contributed by atoms with Gasteiger partial charge >= 0.3 is 35.0 Å². The van der Waals surface area contributed by atoms with Gasteiger partial charge < -0.3 is 29.3 Å². The van der Waals surface area contributed by atoms with Crippen LogP contribution in [0.3, 0.4) is 0 Å². The van der Waals surface area contributed by atoms with Crippen LogP contribution in [0.4, 0.5) is 0 Å². The fourth-order valence-electron chi connectivity index (χ4n) is 3.74.